The molecular formula is C14H20N4O7. The normalized spacial score (nSPS) is 32.0. The van der Waals surface area contributed by atoms with Gasteiger partial charge in [0, 0.05) is 0 Å². The van der Waals surface area contributed by atoms with Gasteiger partial charge in [-0.15, -0.1) is 0 Å². The topological polar surface area (TPSA) is 169 Å². The van der Waals surface area contributed by atoms with Gasteiger partial charge in [0.1, 0.15) is 37.3 Å². The molecule has 138 valence electrons. The van der Waals surface area contributed by atoms with Gasteiger partial charge in [-0.2, -0.15) is 0 Å². The molecule has 2 saturated heterocycles. The van der Waals surface area contributed by atoms with E-state index in [9.17, 15) is 24.9 Å². The van der Waals surface area contributed by atoms with E-state index in [0.717, 1.165) is 23.9 Å². The minimum absolute atomic E-state index is 0.260. The standard InChI is InChI=1S/C14H20N4O7/c15-11(21)8-12(22)18(5-17-8)13-10(20)9(19)7(25-13)4-24-14(23)6-2-1-3-16-6/h5-7,9-10,13,16,19-20,22H,1-4H2,(H2,15,21)/t6-,7+,9?,10+,13+/m0/s1. The highest BCUT2D eigenvalue weighted by Gasteiger charge is 2.45. The van der Waals surface area contributed by atoms with E-state index in [1.807, 2.05) is 0 Å². The number of ether oxygens (including phenoxy) is 2. The number of nitrogens with one attached hydrogen (secondary N) is 1. The summed E-state index contributed by atoms with van der Waals surface area (Å²) in [6.45, 7) is 0.481. The Morgan fingerprint density at radius 2 is 2.20 bits per heavy atom. The zero-order chi connectivity index (χ0) is 18.1. The molecule has 25 heavy (non-hydrogen) atoms. The van der Waals surface area contributed by atoms with Crippen molar-refractivity contribution in [2.45, 2.75) is 43.4 Å². The highest BCUT2D eigenvalue weighted by atomic mass is 16.6. The fourth-order valence-electron chi connectivity index (χ4n) is 2.96. The first-order chi connectivity index (χ1) is 11.9. The van der Waals surface area contributed by atoms with Crippen molar-refractivity contribution in [3.05, 3.63) is 12.0 Å². The van der Waals surface area contributed by atoms with Crippen LogP contribution in [0.4, 0.5) is 0 Å². The first-order valence-corrected chi connectivity index (χ1v) is 7.87. The number of nitrogens with two attached hydrogens (primary N) is 1. The molecule has 0 bridgehead atoms. The lowest BCUT2D eigenvalue weighted by molar-refractivity contribution is -0.152. The molecule has 1 unspecified atom stereocenters. The molecule has 3 heterocycles. The molecule has 5 atom stereocenters. The average Bonchev–Trinajstić information content (AvgIpc) is 3.28. The fourth-order valence-corrected chi connectivity index (χ4v) is 2.96. The number of carbonyl (C=O) groups is 2. The summed E-state index contributed by atoms with van der Waals surface area (Å²) in [5.74, 6) is -1.98. The van der Waals surface area contributed by atoms with Crippen molar-refractivity contribution in [1.82, 2.24) is 14.9 Å². The van der Waals surface area contributed by atoms with E-state index in [2.05, 4.69) is 10.3 Å². The number of aliphatic hydroxyl groups excluding tert-OH is 2. The SMILES string of the molecule is NC(=O)c1ncn([C@@H]2O[C@H](COC(=O)[C@@H]3CCCN3)C(O)[C@H]2O)c1O. The monoisotopic (exact) mass is 356 g/mol. The Labute approximate surface area is 142 Å². The first kappa shape index (κ1) is 17.6. The summed E-state index contributed by atoms with van der Waals surface area (Å²) in [7, 11) is 0. The van der Waals surface area contributed by atoms with E-state index in [1.54, 1.807) is 0 Å². The van der Waals surface area contributed by atoms with Crippen molar-refractivity contribution in [2.24, 2.45) is 5.73 Å². The minimum Gasteiger partial charge on any atom is -0.493 e. The van der Waals surface area contributed by atoms with Gasteiger partial charge in [-0.3, -0.25) is 14.2 Å². The van der Waals surface area contributed by atoms with E-state index in [4.69, 9.17) is 15.2 Å². The van der Waals surface area contributed by atoms with Gasteiger partial charge in [0.25, 0.3) is 5.91 Å². The van der Waals surface area contributed by atoms with Crippen LogP contribution in [-0.4, -0.2) is 74.3 Å². The third-order valence-corrected chi connectivity index (χ3v) is 4.35. The summed E-state index contributed by atoms with van der Waals surface area (Å²) in [6, 6.07) is -0.380. The molecule has 2 aliphatic heterocycles. The van der Waals surface area contributed by atoms with Crippen molar-refractivity contribution >= 4 is 11.9 Å². The fraction of sp³-hybridized carbons (Fsp3) is 0.643. The van der Waals surface area contributed by atoms with Gasteiger partial charge < -0.3 is 35.8 Å². The number of rotatable bonds is 5. The molecule has 0 spiro atoms. The number of hydrogen-bond donors (Lipinski definition) is 5. The van der Waals surface area contributed by atoms with Gasteiger partial charge in [0.05, 0.1) is 0 Å². The predicted molar refractivity (Wildman–Crippen MR) is 80.3 cm³/mol. The van der Waals surface area contributed by atoms with Crippen LogP contribution in [0.25, 0.3) is 0 Å². The zero-order valence-corrected chi connectivity index (χ0v) is 13.2. The van der Waals surface area contributed by atoms with Crippen LogP contribution < -0.4 is 11.1 Å². The van der Waals surface area contributed by atoms with Gasteiger partial charge in [-0.05, 0) is 19.4 Å². The maximum absolute atomic E-state index is 11.9. The van der Waals surface area contributed by atoms with Crippen molar-refractivity contribution in [1.29, 1.82) is 0 Å². The van der Waals surface area contributed by atoms with Crippen LogP contribution in [0, 0.1) is 0 Å². The number of imidazole rings is 1. The van der Waals surface area contributed by atoms with Gasteiger partial charge >= 0.3 is 5.97 Å². The Morgan fingerprint density at radius 1 is 1.44 bits per heavy atom. The molecule has 0 aliphatic carbocycles. The minimum atomic E-state index is -1.42. The van der Waals surface area contributed by atoms with Crippen LogP contribution in [0.15, 0.2) is 6.33 Å². The summed E-state index contributed by atoms with van der Waals surface area (Å²) in [5, 5.41) is 33.1. The molecule has 1 amide bonds. The second-order valence-electron chi connectivity index (χ2n) is 6.01. The summed E-state index contributed by atoms with van der Waals surface area (Å²) >= 11 is 0. The molecule has 6 N–H and O–H groups in total. The highest BCUT2D eigenvalue weighted by Crippen LogP contribution is 2.33. The number of aromatic nitrogens is 2. The van der Waals surface area contributed by atoms with Gasteiger partial charge in [-0.1, -0.05) is 0 Å². The lowest BCUT2D eigenvalue weighted by atomic mass is 10.1. The molecule has 0 radical (unpaired) electrons. The Balaban J connectivity index is 1.64. The summed E-state index contributed by atoms with van der Waals surface area (Å²) in [6.07, 6.45) is -2.36. The van der Waals surface area contributed by atoms with E-state index >= 15 is 0 Å². The molecule has 11 nitrogen and oxygen atoms in total. The van der Waals surface area contributed by atoms with Crippen LogP contribution in [0.3, 0.4) is 0 Å². The lowest BCUT2D eigenvalue weighted by Crippen LogP contribution is -2.37. The number of nitrogens with zero attached hydrogens (tertiary/aromatic N) is 2. The number of primary amides is 1. The number of amides is 1. The number of carbonyl (C=O) groups excluding carboxylic acids is 2. The van der Waals surface area contributed by atoms with Crippen LogP contribution >= 0.6 is 0 Å². The molecule has 0 aromatic carbocycles. The number of aromatic hydroxyl groups is 1. The third-order valence-electron chi connectivity index (χ3n) is 4.35. The van der Waals surface area contributed by atoms with Gasteiger partial charge in [-0.25, -0.2) is 4.98 Å². The summed E-state index contributed by atoms with van der Waals surface area (Å²) in [4.78, 5) is 26.7. The Kier molecular flexibility index (Phi) is 4.90. The van der Waals surface area contributed by atoms with Crippen LogP contribution in [0.1, 0.15) is 29.6 Å². The molecule has 11 heteroatoms. The van der Waals surface area contributed by atoms with Crippen molar-refractivity contribution in [3.8, 4) is 5.88 Å². The molecule has 2 fully saturated rings. The summed E-state index contributed by atoms with van der Waals surface area (Å²) in [5.41, 5.74) is 4.68. The van der Waals surface area contributed by atoms with Crippen LogP contribution in [0.5, 0.6) is 5.88 Å². The third kappa shape index (κ3) is 3.31. The Bertz CT molecular complexity index is 658. The van der Waals surface area contributed by atoms with Crippen molar-refractivity contribution < 1.29 is 34.4 Å². The van der Waals surface area contributed by atoms with Gasteiger partial charge in [0.2, 0.25) is 5.88 Å². The first-order valence-electron chi connectivity index (χ1n) is 7.87. The van der Waals surface area contributed by atoms with E-state index < -0.39 is 42.3 Å². The van der Waals surface area contributed by atoms with Crippen LogP contribution in [0.2, 0.25) is 0 Å². The quantitative estimate of drug-likeness (QED) is 0.361. The molecule has 2 aliphatic rings. The van der Waals surface area contributed by atoms with Crippen molar-refractivity contribution in [3.63, 3.8) is 0 Å². The van der Waals surface area contributed by atoms with E-state index in [-0.39, 0.29) is 18.3 Å². The number of aliphatic hydroxyl groups is 2. The smallest absolute Gasteiger partial charge is 0.323 e. The average molecular weight is 356 g/mol. The number of esters is 1. The van der Waals surface area contributed by atoms with Gasteiger partial charge in [0.15, 0.2) is 11.9 Å². The number of hydrogen-bond acceptors (Lipinski definition) is 9. The summed E-state index contributed by atoms with van der Waals surface area (Å²) < 4.78 is 11.6. The maximum atomic E-state index is 11.9. The van der Waals surface area contributed by atoms with Crippen LogP contribution in [-0.2, 0) is 14.3 Å². The second-order valence-corrected chi connectivity index (χ2v) is 6.01. The lowest BCUT2D eigenvalue weighted by Gasteiger charge is -2.17. The molecule has 1 aromatic rings. The van der Waals surface area contributed by atoms with Crippen molar-refractivity contribution in [2.75, 3.05) is 13.2 Å². The highest BCUT2D eigenvalue weighted by molar-refractivity contribution is 5.93. The Hall–Kier alpha value is -2.21. The predicted octanol–water partition coefficient (Wildman–Crippen LogP) is -2.40. The molecule has 3 rings (SSSR count). The molecular weight excluding hydrogens is 336 g/mol. The zero-order valence-electron chi connectivity index (χ0n) is 13.2. The molecule has 1 aromatic heterocycles. The Morgan fingerprint density at radius 3 is 2.80 bits per heavy atom. The molecule has 0 saturated carbocycles. The van der Waals surface area contributed by atoms with E-state index in [1.165, 1.54) is 0 Å². The van der Waals surface area contributed by atoms with E-state index in [0.29, 0.717) is 6.42 Å². The maximum Gasteiger partial charge on any atom is 0.323 e. The largest absolute Gasteiger partial charge is 0.493 e. The second kappa shape index (κ2) is 6.96.